The van der Waals surface area contributed by atoms with Crippen molar-refractivity contribution in [2.45, 2.75) is 51.1 Å². The van der Waals surface area contributed by atoms with Crippen LogP contribution in [0, 0.1) is 5.41 Å². The predicted molar refractivity (Wildman–Crippen MR) is 102 cm³/mol. The van der Waals surface area contributed by atoms with Crippen LogP contribution in [0.3, 0.4) is 0 Å². The maximum atomic E-state index is 13.0. The molecule has 140 valence electrons. The Labute approximate surface area is 155 Å². The molecule has 0 radical (unpaired) electrons. The first kappa shape index (κ1) is 20.2. The zero-order valence-corrected chi connectivity index (χ0v) is 16.8. The summed E-state index contributed by atoms with van der Waals surface area (Å²) in [6.45, 7) is 9.06. The summed E-state index contributed by atoms with van der Waals surface area (Å²) in [5.41, 5.74) is 6.85. The molecule has 1 unspecified atom stereocenters. The molecule has 1 aliphatic rings. The van der Waals surface area contributed by atoms with Crippen LogP contribution >= 0.6 is 12.4 Å². The van der Waals surface area contributed by atoms with E-state index in [-0.39, 0.29) is 29.9 Å². The Morgan fingerprint density at radius 1 is 1.32 bits per heavy atom. The molecule has 1 fully saturated rings. The summed E-state index contributed by atoms with van der Waals surface area (Å²) in [6.07, 6.45) is 2.41. The summed E-state index contributed by atoms with van der Waals surface area (Å²) in [4.78, 5) is 0.324. The minimum atomic E-state index is -3.52. The van der Waals surface area contributed by atoms with Gasteiger partial charge in [0.05, 0.1) is 16.6 Å². The first-order valence-corrected chi connectivity index (χ1v) is 9.80. The van der Waals surface area contributed by atoms with Crippen LogP contribution in [0.25, 0.3) is 10.9 Å². The zero-order chi connectivity index (χ0) is 17.7. The van der Waals surface area contributed by atoms with Crippen LogP contribution in [-0.2, 0) is 10.0 Å². The van der Waals surface area contributed by atoms with Crippen LogP contribution in [0.5, 0.6) is 0 Å². The fraction of sp³-hybridized carbons (Fsp3) is 0.588. The van der Waals surface area contributed by atoms with Gasteiger partial charge >= 0.3 is 0 Å². The quantitative estimate of drug-likeness (QED) is 0.879. The number of rotatable bonds is 3. The molecule has 1 saturated heterocycles. The van der Waals surface area contributed by atoms with Crippen molar-refractivity contribution in [3.8, 4) is 0 Å². The number of halogens is 1. The van der Waals surface area contributed by atoms with Crippen molar-refractivity contribution in [2.75, 3.05) is 13.1 Å². The van der Waals surface area contributed by atoms with Gasteiger partial charge < -0.3 is 5.73 Å². The average molecular weight is 387 g/mol. The molecule has 0 bridgehead atoms. The zero-order valence-electron chi connectivity index (χ0n) is 15.1. The van der Waals surface area contributed by atoms with Crippen molar-refractivity contribution >= 4 is 33.3 Å². The molecule has 1 aliphatic heterocycles. The monoisotopic (exact) mass is 386 g/mol. The predicted octanol–water partition coefficient (Wildman–Crippen LogP) is 2.79. The lowest BCUT2D eigenvalue weighted by Gasteiger charge is -2.41. The van der Waals surface area contributed by atoms with E-state index in [1.807, 2.05) is 24.6 Å². The molecule has 2 aromatic rings. The van der Waals surface area contributed by atoms with E-state index in [1.165, 1.54) is 0 Å². The van der Waals surface area contributed by atoms with E-state index >= 15 is 0 Å². The van der Waals surface area contributed by atoms with E-state index in [9.17, 15) is 8.42 Å². The van der Waals surface area contributed by atoms with E-state index in [2.05, 4.69) is 18.9 Å². The highest BCUT2D eigenvalue weighted by atomic mass is 35.5. The van der Waals surface area contributed by atoms with E-state index in [4.69, 9.17) is 5.73 Å². The van der Waals surface area contributed by atoms with Crippen molar-refractivity contribution in [1.82, 2.24) is 14.1 Å². The summed E-state index contributed by atoms with van der Waals surface area (Å²) in [5, 5.41) is 5.20. The lowest BCUT2D eigenvalue weighted by atomic mass is 9.81. The van der Waals surface area contributed by atoms with Crippen LogP contribution in [0.2, 0.25) is 0 Å². The van der Waals surface area contributed by atoms with Gasteiger partial charge in [-0.15, -0.1) is 12.4 Å². The molecule has 1 aromatic heterocycles. The molecule has 0 amide bonds. The highest BCUT2D eigenvalue weighted by molar-refractivity contribution is 7.89. The van der Waals surface area contributed by atoms with Gasteiger partial charge in [0, 0.05) is 30.6 Å². The molecule has 0 spiro atoms. The Morgan fingerprint density at radius 2 is 2.00 bits per heavy atom. The lowest BCUT2D eigenvalue weighted by molar-refractivity contribution is 0.155. The molecule has 6 nitrogen and oxygen atoms in total. The van der Waals surface area contributed by atoms with Crippen molar-refractivity contribution in [3.63, 3.8) is 0 Å². The number of nitrogens with zero attached hydrogens (tertiary/aromatic N) is 3. The van der Waals surface area contributed by atoms with Gasteiger partial charge in [-0.05, 0) is 43.9 Å². The Morgan fingerprint density at radius 3 is 2.60 bits per heavy atom. The number of hydrogen-bond donors (Lipinski definition) is 1. The highest BCUT2D eigenvalue weighted by Gasteiger charge is 2.38. The molecule has 2 heterocycles. The molecule has 0 aliphatic carbocycles. The van der Waals surface area contributed by atoms with Gasteiger partial charge in [-0.2, -0.15) is 9.40 Å². The minimum absolute atomic E-state index is 0. The first-order chi connectivity index (χ1) is 11.1. The third-order valence-corrected chi connectivity index (χ3v) is 6.81. The molecule has 3 rings (SSSR count). The molecule has 1 aromatic carbocycles. The second kappa shape index (κ2) is 6.87. The van der Waals surface area contributed by atoms with Crippen molar-refractivity contribution in [3.05, 3.63) is 24.4 Å². The largest absolute Gasteiger partial charge is 0.327 e. The third kappa shape index (κ3) is 3.56. The number of piperidine rings is 1. The Kier molecular flexibility index (Phi) is 5.54. The molecular formula is C17H27ClN4O2S. The van der Waals surface area contributed by atoms with Gasteiger partial charge in [-0.3, -0.25) is 4.68 Å². The average Bonchev–Trinajstić information content (AvgIpc) is 2.93. The van der Waals surface area contributed by atoms with Gasteiger partial charge in [0.2, 0.25) is 10.0 Å². The van der Waals surface area contributed by atoms with E-state index in [1.54, 1.807) is 22.6 Å². The van der Waals surface area contributed by atoms with Gasteiger partial charge in [0.15, 0.2) is 0 Å². The maximum Gasteiger partial charge on any atom is 0.243 e. The second-order valence-corrected chi connectivity index (χ2v) is 9.56. The molecule has 25 heavy (non-hydrogen) atoms. The molecule has 2 N–H and O–H groups in total. The summed E-state index contributed by atoms with van der Waals surface area (Å²) in [7, 11) is -3.52. The van der Waals surface area contributed by atoms with Crippen LogP contribution in [0.15, 0.2) is 29.3 Å². The smallest absolute Gasteiger partial charge is 0.243 e. The van der Waals surface area contributed by atoms with Gasteiger partial charge in [-0.1, -0.05) is 13.8 Å². The normalized spacial score (nSPS) is 21.4. The Bertz CT molecular complexity index is 861. The van der Waals surface area contributed by atoms with Crippen molar-refractivity contribution in [1.29, 1.82) is 0 Å². The summed E-state index contributed by atoms with van der Waals surface area (Å²) < 4.78 is 29.5. The fourth-order valence-corrected chi connectivity index (χ4v) is 4.94. The number of fused-ring (bicyclic) bond motifs is 1. The molecule has 0 saturated carbocycles. The third-order valence-electron chi connectivity index (χ3n) is 4.97. The fourth-order valence-electron chi connectivity index (χ4n) is 3.28. The Hall–Kier alpha value is -1.15. The van der Waals surface area contributed by atoms with Crippen molar-refractivity contribution in [2.24, 2.45) is 11.1 Å². The topological polar surface area (TPSA) is 81.2 Å². The van der Waals surface area contributed by atoms with Gasteiger partial charge in [0.1, 0.15) is 0 Å². The summed E-state index contributed by atoms with van der Waals surface area (Å²) >= 11 is 0. The number of aromatic nitrogens is 2. The number of sulfonamides is 1. The van der Waals surface area contributed by atoms with Gasteiger partial charge in [0.25, 0.3) is 0 Å². The van der Waals surface area contributed by atoms with E-state index in [0.717, 1.165) is 10.9 Å². The Balaban J connectivity index is 0.00000225. The van der Waals surface area contributed by atoms with Gasteiger partial charge in [-0.25, -0.2) is 8.42 Å². The summed E-state index contributed by atoms with van der Waals surface area (Å²) in [5.74, 6) is 0. The lowest BCUT2D eigenvalue weighted by Crippen LogP contribution is -2.53. The second-order valence-electron chi connectivity index (χ2n) is 7.63. The number of hydrogen-bond acceptors (Lipinski definition) is 4. The maximum absolute atomic E-state index is 13.0. The first-order valence-electron chi connectivity index (χ1n) is 8.36. The van der Waals surface area contributed by atoms with Crippen LogP contribution in [-0.4, -0.2) is 41.6 Å². The molecule has 1 atom stereocenters. The number of nitrogens with two attached hydrogens (primary N) is 1. The molecule has 8 heteroatoms. The van der Waals surface area contributed by atoms with E-state index in [0.29, 0.717) is 24.4 Å². The van der Waals surface area contributed by atoms with Crippen molar-refractivity contribution < 1.29 is 8.42 Å². The summed E-state index contributed by atoms with van der Waals surface area (Å²) in [6, 6.07) is 5.50. The standard InChI is InChI=1S/C17H26N4O2S.ClH/c1-12(2)21-15-6-5-14(9-13(15)10-19-21)24(22,23)20-8-7-16(18)17(3,4)11-20;/h5-6,9-10,12,16H,7-8,11,18H2,1-4H3;1H. The van der Waals surface area contributed by atoms with E-state index < -0.39 is 10.0 Å². The molecular weight excluding hydrogens is 360 g/mol. The highest BCUT2D eigenvalue weighted by Crippen LogP contribution is 2.32. The minimum Gasteiger partial charge on any atom is -0.327 e. The SMILES string of the molecule is CC(C)n1ncc2cc(S(=O)(=O)N3CCC(N)C(C)(C)C3)ccc21.Cl. The van der Waals surface area contributed by atoms with Crippen LogP contribution in [0.4, 0.5) is 0 Å². The van der Waals surface area contributed by atoms with Crippen LogP contribution < -0.4 is 5.73 Å². The number of benzene rings is 1. The van der Waals surface area contributed by atoms with Crippen LogP contribution in [0.1, 0.15) is 40.2 Å².